The van der Waals surface area contributed by atoms with Crippen molar-refractivity contribution < 1.29 is 9.59 Å². The van der Waals surface area contributed by atoms with E-state index in [1.54, 1.807) is 0 Å². The Balaban J connectivity index is 1.66. The number of thiazole rings is 1. The number of amides is 2. The minimum Gasteiger partial charge on any atom is -0.326 e. The predicted molar refractivity (Wildman–Crippen MR) is 110 cm³/mol. The van der Waals surface area contributed by atoms with Crippen LogP contribution in [0.1, 0.15) is 36.2 Å². The van der Waals surface area contributed by atoms with Crippen molar-refractivity contribution in [2.75, 3.05) is 10.6 Å². The Morgan fingerprint density at radius 3 is 2.33 bits per heavy atom. The molecule has 0 atom stereocenters. The summed E-state index contributed by atoms with van der Waals surface area (Å²) in [5.41, 5.74) is 4.29. The van der Waals surface area contributed by atoms with Gasteiger partial charge < -0.3 is 5.32 Å². The predicted octanol–water partition coefficient (Wildman–Crippen LogP) is 4.97. The largest absolute Gasteiger partial charge is 0.326 e. The van der Waals surface area contributed by atoms with Crippen molar-refractivity contribution in [3.63, 3.8) is 0 Å². The average molecular weight is 379 g/mol. The Morgan fingerprint density at radius 1 is 1.00 bits per heavy atom. The highest BCUT2D eigenvalue weighted by molar-refractivity contribution is 7.14. The van der Waals surface area contributed by atoms with E-state index in [1.165, 1.54) is 23.8 Å². The van der Waals surface area contributed by atoms with Gasteiger partial charge in [0.25, 0.3) is 5.91 Å². The molecule has 3 rings (SSSR count). The Morgan fingerprint density at radius 2 is 1.70 bits per heavy atom. The molecule has 0 aliphatic carbocycles. The summed E-state index contributed by atoms with van der Waals surface area (Å²) in [6.07, 6.45) is 2.09. The molecule has 5 nitrogen and oxygen atoms in total. The van der Waals surface area contributed by atoms with Crippen LogP contribution in [0.2, 0.25) is 0 Å². The van der Waals surface area contributed by atoms with E-state index in [-0.39, 0.29) is 11.8 Å². The molecule has 1 aromatic heterocycles. The van der Waals surface area contributed by atoms with Gasteiger partial charge in [0.1, 0.15) is 0 Å². The van der Waals surface area contributed by atoms with Gasteiger partial charge >= 0.3 is 0 Å². The second kappa shape index (κ2) is 8.60. The molecule has 0 unspecified atom stereocenters. The number of aromatic nitrogens is 1. The molecule has 0 aliphatic rings. The van der Waals surface area contributed by atoms with Crippen LogP contribution in [0, 0.1) is 0 Å². The van der Waals surface area contributed by atoms with Crippen LogP contribution in [0.5, 0.6) is 0 Å². The van der Waals surface area contributed by atoms with Crippen LogP contribution in [-0.2, 0) is 11.2 Å². The van der Waals surface area contributed by atoms with Crippen LogP contribution in [0.4, 0.5) is 10.8 Å². The van der Waals surface area contributed by atoms with E-state index >= 15 is 0 Å². The molecule has 0 aliphatic heterocycles. The smallest absolute Gasteiger partial charge is 0.257 e. The number of carbonyl (C=O) groups is 2. The first-order valence-electron chi connectivity index (χ1n) is 8.79. The average Bonchev–Trinajstić information content (AvgIpc) is 3.11. The zero-order chi connectivity index (χ0) is 19.2. The summed E-state index contributed by atoms with van der Waals surface area (Å²) < 4.78 is 0. The molecule has 3 aromatic rings. The number of carbonyl (C=O) groups excluding carboxylic acids is 2. The molecule has 0 fully saturated rings. The minimum absolute atomic E-state index is 0.107. The molecule has 2 aromatic carbocycles. The Kier molecular flexibility index (Phi) is 5.98. The molecule has 138 valence electrons. The van der Waals surface area contributed by atoms with Crippen LogP contribution in [0.15, 0.2) is 53.9 Å². The van der Waals surface area contributed by atoms with E-state index in [4.69, 9.17) is 0 Å². The second-order valence-electron chi connectivity index (χ2n) is 6.20. The zero-order valence-corrected chi connectivity index (χ0v) is 16.1. The van der Waals surface area contributed by atoms with Crippen LogP contribution in [0.3, 0.4) is 0 Å². The third-order valence-electron chi connectivity index (χ3n) is 3.98. The van der Waals surface area contributed by atoms with Crippen molar-refractivity contribution in [3.8, 4) is 11.3 Å². The maximum Gasteiger partial charge on any atom is 0.257 e. The quantitative estimate of drug-likeness (QED) is 0.635. The molecule has 2 amide bonds. The summed E-state index contributed by atoms with van der Waals surface area (Å²) in [4.78, 5) is 28.0. The lowest BCUT2D eigenvalue weighted by atomic mass is 10.1. The molecule has 0 saturated heterocycles. The molecule has 27 heavy (non-hydrogen) atoms. The van der Waals surface area contributed by atoms with Crippen molar-refractivity contribution in [1.29, 1.82) is 0 Å². The minimum atomic E-state index is -0.167. The number of aryl methyl sites for hydroxylation is 1. The number of rotatable bonds is 6. The highest BCUT2D eigenvalue weighted by atomic mass is 32.1. The summed E-state index contributed by atoms with van der Waals surface area (Å²) in [6, 6.07) is 15.1. The zero-order valence-electron chi connectivity index (χ0n) is 15.3. The molecule has 6 heteroatoms. The molecule has 0 radical (unpaired) electrons. The summed E-state index contributed by atoms with van der Waals surface area (Å²) in [6.45, 7) is 3.61. The molecule has 0 spiro atoms. The fraction of sp³-hybridized carbons (Fsp3) is 0.190. The fourth-order valence-corrected chi connectivity index (χ4v) is 3.39. The standard InChI is InChI=1S/C21H21N3O2S/c1-3-4-15-5-7-17(8-6-15)20(26)24-21-23-19(13-27-21)16-9-11-18(12-10-16)22-14(2)25/h5-13H,3-4H2,1-2H3,(H,22,25)(H,23,24,26). The van der Waals surface area contributed by atoms with Gasteiger partial charge in [0.05, 0.1) is 5.69 Å². The van der Waals surface area contributed by atoms with E-state index in [9.17, 15) is 9.59 Å². The van der Waals surface area contributed by atoms with Gasteiger partial charge in [-0.3, -0.25) is 14.9 Å². The number of anilines is 2. The van der Waals surface area contributed by atoms with Crippen molar-refractivity contribution >= 4 is 34.0 Å². The van der Waals surface area contributed by atoms with Gasteiger partial charge in [-0.2, -0.15) is 0 Å². The van der Waals surface area contributed by atoms with Gasteiger partial charge in [0.2, 0.25) is 5.91 Å². The number of nitrogens with one attached hydrogen (secondary N) is 2. The number of hydrogen-bond donors (Lipinski definition) is 2. The third-order valence-corrected chi connectivity index (χ3v) is 4.74. The van der Waals surface area contributed by atoms with Crippen LogP contribution in [0.25, 0.3) is 11.3 Å². The first-order chi connectivity index (χ1) is 13.0. The van der Waals surface area contributed by atoms with Crippen molar-refractivity contribution in [2.45, 2.75) is 26.7 Å². The lowest BCUT2D eigenvalue weighted by molar-refractivity contribution is -0.114. The lowest BCUT2D eigenvalue weighted by Crippen LogP contribution is -2.11. The normalized spacial score (nSPS) is 10.4. The van der Waals surface area contributed by atoms with Gasteiger partial charge in [0.15, 0.2) is 5.13 Å². The summed E-state index contributed by atoms with van der Waals surface area (Å²) >= 11 is 1.38. The molecular formula is C21H21N3O2S. The lowest BCUT2D eigenvalue weighted by Gasteiger charge is -2.04. The highest BCUT2D eigenvalue weighted by Crippen LogP contribution is 2.26. The van der Waals surface area contributed by atoms with Gasteiger partial charge in [-0.05, 0) is 36.2 Å². The van der Waals surface area contributed by atoms with E-state index in [0.29, 0.717) is 10.7 Å². The number of benzene rings is 2. The Bertz CT molecular complexity index is 931. The highest BCUT2D eigenvalue weighted by Gasteiger charge is 2.10. The summed E-state index contributed by atoms with van der Waals surface area (Å²) in [5, 5.41) is 8.03. The first-order valence-corrected chi connectivity index (χ1v) is 9.67. The summed E-state index contributed by atoms with van der Waals surface area (Å²) in [5.74, 6) is -0.274. The van der Waals surface area contributed by atoms with Crippen molar-refractivity contribution in [3.05, 3.63) is 65.0 Å². The molecule has 0 saturated carbocycles. The van der Waals surface area contributed by atoms with Gasteiger partial charge in [-0.1, -0.05) is 37.6 Å². The SMILES string of the molecule is CCCc1ccc(C(=O)Nc2nc(-c3ccc(NC(C)=O)cc3)cs2)cc1. The van der Waals surface area contributed by atoms with E-state index in [1.807, 2.05) is 53.9 Å². The van der Waals surface area contributed by atoms with Gasteiger partial charge in [-0.15, -0.1) is 11.3 Å². The van der Waals surface area contributed by atoms with Crippen LogP contribution >= 0.6 is 11.3 Å². The first kappa shape index (κ1) is 18.8. The Hall–Kier alpha value is -2.99. The van der Waals surface area contributed by atoms with Crippen molar-refractivity contribution in [1.82, 2.24) is 4.98 Å². The van der Waals surface area contributed by atoms with E-state index < -0.39 is 0 Å². The number of nitrogens with zero attached hydrogens (tertiary/aromatic N) is 1. The molecule has 0 bridgehead atoms. The topological polar surface area (TPSA) is 71.1 Å². The Labute approximate surface area is 162 Å². The maximum atomic E-state index is 12.4. The third kappa shape index (κ3) is 5.01. The van der Waals surface area contributed by atoms with E-state index in [0.717, 1.165) is 29.8 Å². The summed E-state index contributed by atoms with van der Waals surface area (Å²) in [7, 11) is 0. The molecule has 1 heterocycles. The van der Waals surface area contributed by atoms with Crippen LogP contribution < -0.4 is 10.6 Å². The van der Waals surface area contributed by atoms with Crippen LogP contribution in [-0.4, -0.2) is 16.8 Å². The van der Waals surface area contributed by atoms with Gasteiger partial charge in [-0.25, -0.2) is 4.98 Å². The van der Waals surface area contributed by atoms with Crippen molar-refractivity contribution in [2.24, 2.45) is 0 Å². The fourth-order valence-electron chi connectivity index (χ4n) is 2.67. The second-order valence-corrected chi connectivity index (χ2v) is 7.06. The monoisotopic (exact) mass is 379 g/mol. The number of hydrogen-bond acceptors (Lipinski definition) is 4. The van der Waals surface area contributed by atoms with E-state index in [2.05, 4.69) is 22.5 Å². The molecule has 2 N–H and O–H groups in total. The van der Waals surface area contributed by atoms with Gasteiger partial charge in [0, 0.05) is 29.1 Å². The molecular weight excluding hydrogens is 358 g/mol. The maximum absolute atomic E-state index is 12.4.